The lowest BCUT2D eigenvalue weighted by Gasteiger charge is -2.06. The maximum Gasteiger partial charge on any atom is 0.336 e. The Kier molecular flexibility index (Phi) is 5.17. The molecule has 0 aliphatic heterocycles. The maximum absolute atomic E-state index is 11.1. The molecule has 0 fully saturated rings. The van der Waals surface area contributed by atoms with Crippen molar-refractivity contribution in [3.05, 3.63) is 11.8 Å². The molecule has 0 aromatic rings. The second-order valence-electron chi connectivity index (χ2n) is 2.97. The van der Waals surface area contributed by atoms with E-state index in [1.54, 1.807) is 0 Å². The number of hydrogen-bond donors (Lipinski definition) is 0. The second kappa shape index (κ2) is 5.63. The molecule has 0 aliphatic carbocycles. The van der Waals surface area contributed by atoms with Crippen molar-refractivity contribution >= 4 is 5.97 Å². The molecule has 0 saturated heterocycles. The van der Waals surface area contributed by atoms with E-state index < -0.39 is 0 Å². The van der Waals surface area contributed by atoms with E-state index in [1.165, 1.54) is 20.5 Å². The van der Waals surface area contributed by atoms with Crippen molar-refractivity contribution in [2.24, 2.45) is 5.92 Å². The zero-order chi connectivity index (χ0) is 9.56. The van der Waals surface area contributed by atoms with E-state index in [2.05, 4.69) is 4.74 Å². The Hall–Kier alpha value is -0.990. The lowest BCUT2D eigenvalue weighted by Crippen LogP contribution is -2.07. The van der Waals surface area contributed by atoms with Crippen molar-refractivity contribution in [2.75, 3.05) is 14.2 Å². The summed E-state index contributed by atoms with van der Waals surface area (Å²) in [5, 5.41) is 0. The van der Waals surface area contributed by atoms with Crippen LogP contribution in [-0.4, -0.2) is 20.2 Å². The predicted octanol–water partition coefficient (Wildman–Crippen LogP) is 1.74. The van der Waals surface area contributed by atoms with Gasteiger partial charge in [-0.05, 0) is 12.3 Å². The summed E-state index contributed by atoms with van der Waals surface area (Å²) in [6.45, 7) is 4.07. The van der Waals surface area contributed by atoms with Gasteiger partial charge in [0.25, 0.3) is 0 Å². The van der Waals surface area contributed by atoms with Crippen LogP contribution in [-0.2, 0) is 14.3 Å². The van der Waals surface area contributed by atoms with E-state index in [0.717, 1.165) is 0 Å². The summed E-state index contributed by atoms with van der Waals surface area (Å²) in [5.41, 5.74) is 0.579. The van der Waals surface area contributed by atoms with Crippen LogP contribution in [0.25, 0.3) is 0 Å². The molecular weight excluding hydrogens is 156 g/mol. The van der Waals surface area contributed by atoms with Gasteiger partial charge >= 0.3 is 5.97 Å². The van der Waals surface area contributed by atoms with Crippen LogP contribution in [0.1, 0.15) is 20.3 Å². The first-order valence-electron chi connectivity index (χ1n) is 3.92. The molecule has 0 saturated carbocycles. The largest absolute Gasteiger partial charge is 0.504 e. The van der Waals surface area contributed by atoms with Gasteiger partial charge in [0.15, 0.2) is 0 Å². The van der Waals surface area contributed by atoms with Gasteiger partial charge in [-0.1, -0.05) is 13.8 Å². The molecule has 0 bridgehead atoms. The van der Waals surface area contributed by atoms with E-state index in [0.29, 0.717) is 17.9 Å². The molecular formula is C9H16O3. The molecule has 3 nitrogen and oxygen atoms in total. The third-order valence-electron chi connectivity index (χ3n) is 1.34. The molecule has 0 atom stereocenters. The maximum atomic E-state index is 11.1. The van der Waals surface area contributed by atoms with Gasteiger partial charge in [-0.15, -0.1) is 0 Å². The summed E-state index contributed by atoms with van der Waals surface area (Å²) < 4.78 is 9.34. The number of rotatable bonds is 4. The first kappa shape index (κ1) is 11.0. The highest BCUT2D eigenvalue weighted by molar-refractivity contribution is 5.87. The fraction of sp³-hybridized carbons (Fsp3) is 0.667. The summed E-state index contributed by atoms with van der Waals surface area (Å²) in [4.78, 5) is 11.1. The zero-order valence-corrected chi connectivity index (χ0v) is 8.09. The van der Waals surface area contributed by atoms with Crippen LogP contribution in [0.3, 0.4) is 0 Å². The highest BCUT2D eigenvalue weighted by atomic mass is 16.5. The highest BCUT2D eigenvalue weighted by Crippen LogP contribution is 2.11. The first-order valence-corrected chi connectivity index (χ1v) is 3.92. The van der Waals surface area contributed by atoms with E-state index in [-0.39, 0.29) is 5.97 Å². The SMILES string of the molecule is COC=C(CC(C)C)C(=O)OC. The highest BCUT2D eigenvalue weighted by Gasteiger charge is 2.11. The van der Waals surface area contributed by atoms with Gasteiger partial charge in [0.05, 0.1) is 26.1 Å². The molecule has 0 rings (SSSR count). The van der Waals surface area contributed by atoms with Gasteiger partial charge < -0.3 is 9.47 Å². The lowest BCUT2D eigenvalue weighted by molar-refractivity contribution is -0.136. The predicted molar refractivity (Wildman–Crippen MR) is 46.6 cm³/mol. The Balaban J connectivity index is 4.24. The van der Waals surface area contributed by atoms with Gasteiger partial charge in [0, 0.05) is 0 Å². The quantitative estimate of drug-likeness (QED) is 0.368. The van der Waals surface area contributed by atoms with Crippen LogP contribution in [0.4, 0.5) is 0 Å². The van der Waals surface area contributed by atoms with Crippen LogP contribution >= 0.6 is 0 Å². The van der Waals surface area contributed by atoms with Crippen LogP contribution in [0, 0.1) is 5.92 Å². The van der Waals surface area contributed by atoms with E-state index in [9.17, 15) is 4.79 Å². The van der Waals surface area contributed by atoms with Crippen LogP contribution < -0.4 is 0 Å². The fourth-order valence-electron chi connectivity index (χ4n) is 0.893. The van der Waals surface area contributed by atoms with Crippen LogP contribution in [0.15, 0.2) is 11.8 Å². The van der Waals surface area contributed by atoms with Gasteiger partial charge in [-0.2, -0.15) is 0 Å². The van der Waals surface area contributed by atoms with Crippen molar-refractivity contribution in [2.45, 2.75) is 20.3 Å². The minimum Gasteiger partial charge on any atom is -0.504 e. The monoisotopic (exact) mass is 172 g/mol. The minimum atomic E-state index is -0.314. The molecule has 3 heteroatoms. The third-order valence-corrected chi connectivity index (χ3v) is 1.34. The number of carbonyl (C=O) groups excluding carboxylic acids is 1. The van der Waals surface area contributed by atoms with E-state index in [1.807, 2.05) is 13.8 Å². The van der Waals surface area contributed by atoms with Gasteiger partial charge in [0.2, 0.25) is 0 Å². The number of hydrogen-bond acceptors (Lipinski definition) is 3. The standard InChI is InChI=1S/C9H16O3/c1-7(2)5-8(6-11-3)9(10)12-4/h6-7H,5H2,1-4H3. The Labute approximate surface area is 73.4 Å². The van der Waals surface area contributed by atoms with E-state index in [4.69, 9.17) is 4.74 Å². The summed E-state index contributed by atoms with van der Waals surface area (Å²) in [6.07, 6.45) is 2.12. The van der Waals surface area contributed by atoms with Crippen molar-refractivity contribution in [1.82, 2.24) is 0 Å². The number of ether oxygens (including phenoxy) is 2. The molecule has 0 spiro atoms. The summed E-state index contributed by atoms with van der Waals surface area (Å²) >= 11 is 0. The molecule has 0 unspecified atom stereocenters. The van der Waals surface area contributed by atoms with Crippen molar-refractivity contribution in [3.63, 3.8) is 0 Å². The molecule has 0 heterocycles. The third kappa shape index (κ3) is 4.01. The smallest absolute Gasteiger partial charge is 0.336 e. The average Bonchev–Trinajstić information content (AvgIpc) is 2.01. The topological polar surface area (TPSA) is 35.5 Å². The Bertz CT molecular complexity index is 171. The summed E-state index contributed by atoms with van der Waals surface area (Å²) in [5.74, 6) is 0.107. The van der Waals surface area contributed by atoms with E-state index >= 15 is 0 Å². The second-order valence-corrected chi connectivity index (χ2v) is 2.97. The number of esters is 1. The molecule has 0 N–H and O–H groups in total. The number of carbonyl (C=O) groups is 1. The normalized spacial score (nSPS) is 11.6. The molecule has 0 amide bonds. The minimum absolute atomic E-state index is 0.314. The number of methoxy groups -OCH3 is 2. The molecule has 0 aromatic carbocycles. The summed E-state index contributed by atoms with van der Waals surface area (Å²) in [6, 6.07) is 0. The van der Waals surface area contributed by atoms with Crippen molar-refractivity contribution in [3.8, 4) is 0 Å². The van der Waals surface area contributed by atoms with Gasteiger partial charge in [-0.3, -0.25) is 0 Å². The molecule has 70 valence electrons. The Morgan fingerprint density at radius 2 is 2.00 bits per heavy atom. The van der Waals surface area contributed by atoms with Crippen molar-refractivity contribution < 1.29 is 14.3 Å². The van der Waals surface area contributed by atoms with Crippen LogP contribution in [0.5, 0.6) is 0 Å². The molecule has 0 aromatic heterocycles. The fourth-order valence-corrected chi connectivity index (χ4v) is 0.893. The first-order chi connectivity index (χ1) is 5.61. The molecule has 12 heavy (non-hydrogen) atoms. The Morgan fingerprint density at radius 1 is 1.42 bits per heavy atom. The molecule has 0 radical (unpaired) electrons. The van der Waals surface area contributed by atoms with Gasteiger partial charge in [0.1, 0.15) is 0 Å². The average molecular weight is 172 g/mol. The zero-order valence-electron chi connectivity index (χ0n) is 8.09. The van der Waals surface area contributed by atoms with Gasteiger partial charge in [-0.25, -0.2) is 4.79 Å². The van der Waals surface area contributed by atoms with Crippen molar-refractivity contribution in [1.29, 1.82) is 0 Å². The van der Waals surface area contributed by atoms with Crippen LogP contribution in [0.2, 0.25) is 0 Å². The molecule has 0 aliphatic rings. The summed E-state index contributed by atoms with van der Waals surface area (Å²) in [7, 11) is 2.88. The Morgan fingerprint density at radius 3 is 2.33 bits per heavy atom. The lowest BCUT2D eigenvalue weighted by atomic mass is 10.0.